The smallest absolute Gasteiger partial charge is 0.255 e. The molecule has 1 amide bonds. The lowest BCUT2D eigenvalue weighted by Crippen LogP contribution is -2.24. The number of benzene rings is 1. The van der Waals surface area contributed by atoms with Crippen molar-refractivity contribution in [1.29, 1.82) is 0 Å². The van der Waals surface area contributed by atoms with Crippen molar-refractivity contribution in [3.8, 4) is 12.3 Å². The number of hydrogen-bond donors (Lipinski definition) is 2. The quantitative estimate of drug-likeness (QED) is 0.649. The highest BCUT2D eigenvalue weighted by Gasteiger charge is 2.16. The summed E-state index contributed by atoms with van der Waals surface area (Å²) in [6.07, 6.45) is 6.60. The number of sulfonamides is 1. The largest absolute Gasteiger partial charge is 0.321 e. The summed E-state index contributed by atoms with van der Waals surface area (Å²) in [7, 11) is -1.99. The Morgan fingerprint density at radius 2 is 2.11 bits per heavy atom. The number of carbonyl (C=O) groups excluding carboxylic acids is 1. The molecular weight excluding hydrogens is 366 g/mol. The van der Waals surface area contributed by atoms with Gasteiger partial charge in [0.05, 0.1) is 29.0 Å². The van der Waals surface area contributed by atoms with Gasteiger partial charge in [-0.3, -0.25) is 9.48 Å². The van der Waals surface area contributed by atoms with Gasteiger partial charge >= 0.3 is 0 Å². The van der Waals surface area contributed by atoms with Crippen molar-refractivity contribution >= 4 is 32.7 Å². The molecule has 0 aliphatic carbocycles. The van der Waals surface area contributed by atoms with Crippen LogP contribution in [-0.4, -0.2) is 35.6 Å². The fraction of sp³-hybridized carbons (Fsp3) is 0.167. The summed E-state index contributed by atoms with van der Waals surface area (Å²) in [5, 5.41) is 7.83. The van der Waals surface area contributed by atoms with Crippen molar-refractivity contribution in [2.45, 2.75) is 11.8 Å². The van der Waals surface area contributed by atoms with Gasteiger partial charge in [0, 0.05) is 18.0 Å². The van der Waals surface area contributed by atoms with Crippen molar-refractivity contribution in [3.05, 3.63) is 47.8 Å². The minimum absolute atomic E-state index is 0.0397. The molecule has 0 saturated carbocycles. The van der Waals surface area contributed by atoms with E-state index in [0.29, 0.717) is 11.3 Å². The molecule has 0 atom stereocenters. The van der Waals surface area contributed by atoms with Gasteiger partial charge in [0.15, 0.2) is 5.65 Å². The minimum atomic E-state index is -3.78. The number of pyridine rings is 1. The number of aromatic nitrogens is 3. The lowest BCUT2D eigenvalue weighted by molar-refractivity contribution is 0.102. The van der Waals surface area contributed by atoms with Gasteiger partial charge in [0.1, 0.15) is 0 Å². The number of aryl methyl sites for hydroxylation is 2. The third-order valence-electron chi connectivity index (χ3n) is 3.89. The Morgan fingerprint density at radius 3 is 2.85 bits per heavy atom. The summed E-state index contributed by atoms with van der Waals surface area (Å²) in [6.45, 7) is 1.72. The van der Waals surface area contributed by atoms with Crippen LogP contribution in [0.15, 0.2) is 41.4 Å². The fourth-order valence-electron chi connectivity index (χ4n) is 2.60. The summed E-state index contributed by atoms with van der Waals surface area (Å²) >= 11 is 0. The fourth-order valence-corrected chi connectivity index (χ4v) is 3.58. The molecule has 0 saturated heterocycles. The van der Waals surface area contributed by atoms with E-state index < -0.39 is 15.9 Å². The monoisotopic (exact) mass is 383 g/mol. The zero-order valence-corrected chi connectivity index (χ0v) is 15.5. The van der Waals surface area contributed by atoms with Crippen LogP contribution in [-0.2, 0) is 17.1 Å². The Morgan fingerprint density at radius 1 is 1.33 bits per heavy atom. The van der Waals surface area contributed by atoms with Crippen molar-refractivity contribution < 1.29 is 13.2 Å². The van der Waals surface area contributed by atoms with Gasteiger partial charge in [-0.15, -0.1) is 6.42 Å². The maximum absolute atomic E-state index is 12.5. The third-order valence-corrected chi connectivity index (χ3v) is 5.29. The number of amides is 1. The molecule has 0 aliphatic heterocycles. The van der Waals surface area contributed by atoms with E-state index in [1.807, 2.05) is 6.92 Å². The summed E-state index contributed by atoms with van der Waals surface area (Å²) in [6, 6.07) is 7.47. The molecule has 0 unspecified atom stereocenters. The molecule has 138 valence electrons. The third kappa shape index (κ3) is 3.81. The molecule has 0 bridgehead atoms. The second kappa shape index (κ2) is 7.19. The zero-order chi connectivity index (χ0) is 19.6. The molecule has 1 aromatic carbocycles. The first-order chi connectivity index (χ1) is 12.8. The van der Waals surface area contributed by atoms with Gasteiger partial charge in [0.2, 0.25) is 10.0 Å². The first kappa shape index (κ1) is 18.6. The van der Waals surface area contributed by atoms with E-state index in [1.54, 1.807) is 17.8 Å². The van der Waals surface area contributed by atoms with Gasteiger partial charge in [-0.2, -0.15) is 9.82 Å². The average molecular weight is 383 g/mol. The highest BCUT2D eigenvalue weighted by molar-refractivity contribution is 7.89. The molecule has 9 heteroatoms. The van der Waals surface area contributed by atoms with Crippen LogP contribution in [0.25, 0.3) is 11.0 Å². The van der Waals surface area contributed by atoms with Crippen LogP contribution in [0.5, 0.6) is 0 Å². The lowest BCUT2D eigenvalue weighted by Gasteiger charge is -2.08. The van der Waals surface area contributed by atoms with Gasteiger partial charge < -0.3 is 5.32 Å². The van der Waals surface area contributed by atoms with Crippen molar-refractivity contribution in [1.82, 2.24) is 19.5 Å². The molecule has 0 radical (unpaired) electrons. The standard InChI is InChI=1S/C18H17N5O3S/c1-4-8-20-27(25,26)15-7-5-6-13(9-15)18(24)21-14-10-16-12(2)22-23(3)17(16)19-11-14/h1,5-7,9-11,20H,8H2,2-3H3,(H,21,24). The maximum Gasteiger partial charge on any atom is 0.255 e. The first-order valence-corrected chi connectivity index (χ1v) is 9.44. The second-order valence-electron chi connectivity index (χ2n) is 5.81. The molecule has 0 spiro atoms. The Kier molecular flexibility index (Phi) is 4.94. The molecule has 0 fully saturated rings. The number of nitrogens with one attached hydrogen (secondary N) is 2. The van der Waals surface area contributed by atoms with Crippen molar-refractivity contribution in [2.75, 3.05) is 11.9 Å². The normalized spacial score (nSPS) is 11.3. The van der Waals surface area contributed by atoms with Crippen LogP contribution in [0.3, 0.4) is 0 Å². The van der Waals surface area contributed by atoms with E-state index in [4.69, 9.17) is 6.42 Å². The Bertz CT molecular complexity index is 1180. The van der Waals surface area contributed by atoms with Crippen molar-refractivity contribution in [2.24, 2.45) is 7.05 Å². The number of nitrogens with zero attached hydrogens (tertiary/aromatic N) is 3. The van der Waals surface area contributed by atoms with Crippen LogP contribution in [0, 0.1) is 19.3 Å². The van der Waals surface area contributed by atoms with Gasteiger partial charge in [-0.1, -0.05) is 12.0 Å². The maximum atomic E-state index is 12.5. The summed E-state index contributed by atoms with van der Waals surface area (Å²) in [5.41, 5.74) is 2.19. The average Bonchev–Trinajstić information content (AvgIpc) is 2.93. The van der Waals surface area contributed by atoms with E-state index in [9.17, 15) is 13.2 Å². The Hall–Kier alpha value is -3.22. The predicted octanol–water partition coefficient (Wildman–Crippen LogP) is 1.44. The number of terminal acetylenes is 1. The Balaban J connectivity index is 1.86. The summed E-state index contributed by atoms with van der Waals surface area (Å²) in [4.78, 5) is 16.8. The minimum Gasteiger partial charge on any atom is -0.321 e. The summed E-state index contributed by atoms with van der Waals surface area (Å²) in [5.74, 6) is 1.75. The molecule has 27 heavy (non-hydrogen) atoms. The highest BCUT2D eigenvalue weighted by Crippen LogP contribution is 2.20. The molecule has 2 aromatic heterocycles. The molecule has 3 aromatic rings. The topological polar surface area (TPSA) is 106 Å². The molecule has 2 N–H and O–H groups in total. The molecule has 8 nitrogen and oxygen atoms in total. The van der Waals surface area contributed by atoms with E-state index in [-0.39, 0.29) is 17.0 Å². The van der Waals surface area contributed by atoms with Crippen LogP contribution < -0.4 is 10.0 Å². The van der Waals surface area contributed by atoms with Crippen molar-refractivity contribution in [3.63, 3.8) is 0 Å². The number of fused-ring (bicyclic) bond motifs is 1. The van der Waals surface area contributed by atoms with Crippen LogP contribution >= 0.6 is 0 Å². The highest BCUT2D eigenvalue weighted by atomic mass is 32.2. The van der Waals surface area contributed by atoms with Gasteiger partial charge in [0.25, 0.3) is 5.91 Å². The SMILES string of the molecule is C#CCNS(=O)(=O)c1cccc(C(=O)Nc2cnc3c(c2)c(C)nn3C)c1. The Labute approximate surface area is 156 Å². The van der Waals surface area contributed by atoms with Crippen LogP contribution in [0.1, 0.15) is 16.1 Å². The number of rotatable bonds is 5. The first-order valence-electron chi connectivity index (χ1n) is 7.96. The van der Waals surface area contributed by atoms with Gasteiger partial charge in [-0.05, 0) is 31.2 Å². The number of carbonyl (C=O) groups is 1. The zero-order valence-electron chi connectivity index (χ0n) is 14.7. The molecule has 3 rings (SSSR count). The second-order valence-corrected chi connectivity index (χ2v) is 7.58. The van der Waals surface area contributed by atoms with E-state index >= 15 is 0 Å². The molecular formula is C18H17N5O3S. The van der Waals surface area contributed by atoms with Crippen LogP contribution in [0.4, 0.5) is 5.69 Å². The molecule has 0 aliphatic rings. The molecule has 2 heterocycles. The number of anilines is 1. The van der Waals surface area contributed by atoms with E-state index in [1.165, 1.54) is 30.5 Å². The van der Waals surface area contributed by atoms with Gasteiger partial charge in [-0.25, -0.2) is 13.4 Å². The van der Waals surface area contributed by atoms with E-state index in [2.05, 4.69) is 26.0 Å². The van der Waals surface area contributed by atoms with Crippen LogP contribution in [0.2, 0.25) is 0 Å². The lowest BCUT2D eigenvalue weighted by atomic mass is 10.2. The number of hydrogen-bond acceptors (Lipinski definition) is 5. The predicted molar refractivity (Wildman–Crippen MR) is 102 cm³/mol. The van der Waals surface area contributed by atoms with E-state index in [0.717, 1.165) is 11.1 Å². The summed E-state index contributed by atoms with van der Waals surface area (Å²) < 4.78 is 28.2.